The molecule has 0 saturated heterocycles. The van der Waals surface area contributed by atoms with Crippen molar-refractivity contribution in [3.63, 3.8) is 0 Å². The van der Waals surface area contributed by atoms with Gasteiger partial charge in [-0.05, 0) is 56.2 Å². The minimum Gasteiger partial charge on any atom is -0.294 e. The van der Waals surface area contributed by atoms with Gasteiger partial charge in [-0.15, -0.1) is 0 Å². The number of ketones is 1. The van der Waals surface area contributed by atoms with Crippen molar-refractivity contribution in [1.29, 1.82) is 0 Å². The first-order chi connectivity index (χ1) is 8.56. The molecule has 0 amide bonds. The number of hydrogen-bond acceptors (Lipinski definition) is 3. The van der Waals surface area contributed by atoms with Gasteiger partial charge >= 0.3 is 0 Å². The molecule has 0 radical (unpaired) electrons. The van der Waals surface area contributed by atoms with Gasteiger partial charge < -0.3 is 0 Å². The average molecular weight is 257 g/mol. The predicted octanol–water partition coefficient (Wildman–Crippen LogP) is 4.05. The van der Waals surface area contributed by atoms with E-state index in [1.165, 1.54) is 16.0 Å². The van der Waals surface area contributed by atoms with Gasteiger partial charge in [0.2, 0.25) is 0 Å². The molecule has 0 fully saturated rings. The maximum Gasteiger partial charge on any atom is 0.161 e. The van der Waals surface area contributed by atoms with Crippen molar-refractivity contribution >= 4 is 17.5 Å². The van der Waals surface area contributed by atoms with Crippen molar-refractivity contribution in [1.82, 2.24) is 4.98 Å². The van der Waals surface area contributed by atoms with Crippen molar-refractivity contribution in [2.75, 3.05) is 0 Å². The number of pyridine rings is 1. The summed E-state index contributed by atoms with van der Waals surface area (Å²) in [4.78, 5) is 16.6. The molecular formula is C15H15NOS. The molecule has 1 aromatic heterocycles. The van der Waals surface area contributed by atoms with E-state index in [9.17, 15) is 4.79 Å². The van der Waals surface area contributed by atoms with E-state index < -0.39 is 0 Å². The molecule has 2 aromatic rings. The van der Waals surface area contributed by atoms with E-state index in [0.717, 1.165) is 5.03 Å². The zero-order valence-corrected chi connectivity index (χ0v) is 11.5. The lowest BCUT2D eigenvalue weighted by Crippen LogP contribution is -1.92. The molecule has 0 atom stereocenters. The molecule has 0 spiro atoms. The number of benzene rings is 1. The van der Waals surface area contributed by atoms with E-state index in [1.54, 1.807) is 24.9 Å². The number of aryl methyl sites for hydroxylation is 2. The number of aromatic nitrogens is 1. The van der Waals surface area contributed by atoms with Gasteiger partial charge in [-0.3, -0.25) is 4.79 Å². The highest BCUT2D eigenvalue weighted by atomic mass is 32.2. The zero-order chi connectivity index (χ0) is 13.1. The Labute approximate surface area is 111 Å². The van der Waals surface area contributed by atoms with E-state index in [-0.39, 0.29) is 5.78 Å². The number of nitrogens with zero attached hydrogens (tertiary/aromatic N) is 1. The van der Waals surface area contributed by atoms with E-state index in [2.05, 4.69) is 37.0 Å². The number of rotatable bonds is 3. The molecule has 0 N–H and O–H groups in total. The normalized spacial score (nSPS) is 10.4. The monoisotopic (exact) mass is 257 g/mol. The molecule has 0 aliphatic heterocycles. The molecule has 1 aromatic carbocycles. The van der Waals surface area contributed by atoms with Crippen LogP contribution in [0.25, 0.3) is 0 Å². The van der Waals surface area contributed by atoms with Crippen LogP contribution in [0.2, 0.25) is 0 Å². The lowest BCUT2D eigenvalue weighted by Gasteiger charge is -2.05. The molecule has 0 aliphatic carbocycles. The maximum atomic E-state index is 11.2. The molecule has 3 heteroatoms. The van der Waals surface area contributed by atoms with Gasteiger partial charge in [0, 0.05) is 16.7 Å². The van der Waals surface area contributed by atoms with Crippen LogP contribution in [0.1, 0.15) is 28.4 Å². The SMILES string of the molecule is CC(=O)c1ccc(Sc2ccc(C)c(C)c2)nc1. The van der Waals surface area contributed by atoms with Gasteiger partial charge in [-0.25, -0.2) is 4.98 Å². The Morgan fingerprint density at radius 1 is 1.11 bits per heavy atom. The number of hydrogen-bond donors (Lipinski definition) is 0. The van der Waals surface area contributed by atoms with Gasteiger partial charge in [-0.1, -0.05) is 17.8 Å². The Morgan fingerprint density at radius 2 is 1.89 bits per heavy atom. The molecule has 0 bridgehead atoms. The molecule has 0 saturated carbocycles. The maximum absolute atomic E-state index is 11.2. The van der Waals surface area contributed by atoms with Crippen molar-refractivity contribution < 1.29 is 4.79 Å². The summed E-state index contributed by atoms with van der Waals surface area (Å²) in [5, 5.41) is 0.906. The fourth-order valence-electron chi connectivity index (χ4n) is 1.55. The second kappa shape index (κ2) is 5.36. The first-order valence-electron chi connectivity index (χ1n) is 5.78. The van der Waals surface area contributed by atoms with Crippen LogP contribution < -0.4 is 0 Å². The van der Waals surface area contributed by atoms with Crippen LogP contribution in [-0.4, -0.2) is 10.8 Å². The lowest BCUT2D eigenvalue weighted by molar-refractivity contribution is 0.101. The summed E-state index contributed by atoms with van der Waals surface area (Å²) in [6.07, 6.45) is 1.63. The van der Waals surface area contributed by atoms with Crippen molar-refractivity contribution in [3.8, 4) is 0 Å². The highest BCUT2D eigenvalue weighted by molar-refractivity contribution is 7.99. The van der Waals surface area contributed by atoms with Crippen LogP contribution in [0.5, 0.6) is 0 Å². The van der Waals surface area contributed by atoms with E-state index in [4.69, 9.17) is 0 Å². The highest BCUT2D eigenvalue weighted by Gasteiger charge is 2.03. The summed E-state index contributed by atoms with van der Waals surface area (Å²) in [5.74, 6) is 0.0465. The first-order valence-corrected chi connectivity index (χ1v) is 6.60. The van der Waals surface area contributed by atoms with Gasteiger partial charge in [0.15, 0.2) is 5.78 Å². The molecule has 2 nitrogen and oxygen atoms in total. The van der Waals surface area contributed by atoms with Gasteiger partial charge in [-0.2, -0.15) is 0 Å². The van der Waals surface area contributed by atoms with E-state index >= 15 is 0 Å². The topological polar surface area (TPSA) is 30.0 Å². The third kappa shape index (κ3) is 2.99. The average Bonchev–Trinajstić information content (AvgIpc) is 2.34. The summed E-state index contributed by atoms with van der Waals surface area (Å²) in [7, 11) is 0. The van der Waals surface area contributed by atoms with Crippen molar-refractivity contribution in [2.45, 2.75) is 30.7 Å². The van der Waals surface area contributed by atoms with E-state index in [1.807, 2.05) is 12.1 Å². The molecule has 0 unspecified atom stereocenters. The van der Waals surface area contributed by atoms with Crippen LogP contribution in [0, 0.1) is 13.8 Å². The first kappa shape index (κ1) is 12.8. The highest BCUT2D eigenvalue weighted by Crippen LogP contribution is 2.27. The summed E-state index contributed by atoms with van der Waals surface area (Å²) >= 11 is 1.61. The zero-order valence-electron chi connectivity index (χ0n) is 10.7. The molecule has 0 aliphatic rings. The van der Waals surface area contributed by atoms with Crippen LogP contribution in [0.4, 0.5) is 0 Å². The van der Waals surface area contributed by atoms with Crippen LogP contribution in [-0.2, 0) is 0 Å². The second-order valence-corrected chi connectivity index (χ2v) is 5.38. The quantitative estimate of drug-likeness (QED) is 0.777. The number of carbonyl (C=O) groups is 1. The number of Topliss-reactive ketones (excluding diaryl/α,β-unsaturated/α-hetero) is 1. The minimum atomic E-state index is 0.0465. The fourth-order valence-corrected chi connectivity index (χ4v) is 2.40. The Balaban J connectivity index is 2.18. The molecule has 1 heterocycles. The Kier molecular flexibility index (Phi) is 3.82. The molecule has 92 valence electrons. The largest absolute Gasteiger partial charge is 0.294 e. The van der Waals surface area contributed by atoms with Crippen molar-refractivity contribution in [3.05, 3.63) is 53.2 Å². The lowest BCUT2D eigenvalue weighted by atomic mass is 10.1. The third-order valence-corrected chi connectivity index (χ3v) is 3.78. The summed E-state index contributed by atoms with van der Waals surface area (Å²) in [6, 6.07) is 10.1. The Hall–Kier alpha value is -1.61. The Bertz CT molecular complexity index is 576. The summed E-state index contributed by atoms with van der Waals surface area (Å²) in [6.45, 7) is 5.75. The molecular weight excluding hydrogens is 242 g/mol. The summed E-state index contributed by atoms with van der Waals surface area (Å²) in [5.41, 5.74) is 3.22. The van der Waals surface area contributed by atoms with Crippen LogP contribution in [0.3, 0.4) is 0 Å². The van der Waals surface area contributed by atoms with Gasteiger partial charge in [0.25, 0.3) is 0 Å². The standard InChI is InChI=1S/C15H15NOS/c1-10-4-6-14(8-11(10)2)18-15-7-5-13(9-16-15)12(3)17/h4-9H,1-3H3. The van der Waals surface area contributed by atoms with Crippen LogP contribution >= 0.6 is 11.8 Å². The molecule has 18 heavy (non-hydrogen) atoms. The minimum absolute atomic E-state index is 0.0465. The van der Waals surface area contributed by atoms with Gasteiger partial charge in [0.05, 0.1) is 0 Å². The Morgan fingerprint density at radius 3 is 2.44 bits per heavy atom. The van der Waals surface area contributed by atoms with Crippen LogP contribution in [0.15, 0.2) is 46.5 Å². The van der Waals surface area contributed by atoms with Gasteiger partial charge in [0.1, 0.15) is 5.03 Å². The summed E-state index contributed by atoms with van der Waals surface area (Å²) < 4.78 is 0. The predicted molar refractivity (Wildman–Crippen MR) is 74.3 cm³/mol. The third-order valence-electron chi connectivity index (χ3n) is 2.84. The number of carbonyl (C=O) groups excluding carboxylic acids is 1. The van der Waals surface area contributed by atoms with Crippen molar-refractivity contribution in [2.24, 2.45) is 0 Å². The smallest absolute Gasteiger partial charge is 0.161 e. The van der Waals surface area contributed by atoms with E-state index in [0.29, 0.717) is 5.56 Å². The molecule has 2 rings (SSSR count). The second-order valence-electron chi connectivity index (χ2n) is 4.29. The fraction of sp³-hybridized carbons (Fsp3) is 0.200.